The van der Waals surface area contributed by atoms with Gasteiger partial charge in [0, 0.05) is 17.9 Å². The van der Waals surface area contributed by atoms with E-state index >= 15 is 0 Å². The molecule has 1 unspecified atom stereocenters. The van der Waals surface area contributed by atoms with E-state index in [1.54, 1.807) is 32.9 Å². The van der Waals surface area contributed by atoms with E-state index in [1.807, 2.05) is 0 Å². The van der Waals surface area contributed by atoms with Crippen LogP contribution in [0.25, 0.3) is 0 Å². The molecular weight excluding hydrogens is 286 g/mol. The van der Waals surface area contributed by atoms with Gasteiger partial charge < -0.3 is 20.4 Å². The van der Waals surface area contributed by atoms with Gasteiger partial charge in [0.2, 0.25) is 5.91 Å². The van der Waals surface area contributed by atoms with Crippen molar-refractivity contribution in [3.05, 3.63) is 30.1 Å². The van der Waals surface area contributed by atoms with Crippen LogP contribution in [0.5, 0.6) is 0 Å². The van der Waals surface area contributed by atoms with Crippen molar-refractivity contribution in [2.24, 2.45) is 0 Å². The first-order chi connectivity index (χ1) is 10.2. The molecule has 1 aromatic heterocycles. The molecule has 1 saturated heterocycles. The van der Waals surface area contributed by atoms with Gasteiger partial charge in [-0.3, -0.25) is 14.6 Å². The Bertz CT molecular complexity index is 556. The number of amides is 2. The standard InChI is InChI=1S/C15H21N3O4/c1-15(2,3)17-13(21)11-12(20)10(19)8-18(11)14(22)9-5-4-6-16-7-9/h4-7,10-12,19-20H,8H2,1-3H3,(H,17,21)/t10-,11?,12+/m0/s1. The molecule has 2 amide bonds. The van der Waals surface area contributed by atoms with Crippen molar-refractivity contribution in [2.45, 2.75) is 44.6 Å². The second-order valence-electron chi connectivity index (χ2n) is 6.44. The van der Waals surface area contributed by atoms with Crippen molar-refractivity contribution < 1.29 is 19.8 Å². The predicted octanol–water partition coefficient (Wildman–Crippen LogP) is -0.457. The summed E-state index contributed by atoms with van der Waals surface area (Å²) in [4.78, 5) is 29.9. The lowest BCUT2D eigenvalue weighted by Crippen LogP contribution is -2.54. The van der Waals surface area contributed by atoms with Gasteiger partial charge in [0.05, 0.1) is 12.1 Å². The van der Waals surface area contributed by atoms with E-state index in [1.165, 1.54) is 17.3 Å². The van der Waals surface area contributed by atoms with E-state index in [4.69, 9.17) is 0 Å². The normalized spacial score (nSPS) is 25.1. The van der Waals surface area contributed by atoms with Crippen LogP contribution in [-0.4, -0.2) is 62.2 Å². The minimum atomic E-state index is -1.32. The fourth-order valence-corrected chi connectivity index (χ4v) is 2.42. The van der Waals surface area contributed by atoms with Gasteiger partial charge in [-0.15, -0.1) is 0 Å². The molecule has 120 valence electrons. The number of aliphatic hydroxyl groups is 2. The van der Waals surface area contributed by atoms with Crippen molar-refractivity contribution in [1.82, 2.24) is 15.2 Å². The van der Waals surface area contributed by atoms with Crippen molar-refractivity contribution in [3.8, 4) is 0 Å². The van der Waals surface area contributed by atoms with E-state index in [0.717, 1.165) is 0 Å². The highest BCUT2D eigenvalue weighted by Crippen LogP contribution is 2.22. The predicted molar refractivity (Wildman–Crippen MR) is 79.0 cm³/mol. The molecule has 1 aromatic rings. The number of hydrogen-bond acceptors (Lipinski definition) is 5. The minimum absolute atomic E-state index is 0.100. The van der Waals surface area contributed by atoms with E-state index in [-0.39, 0.29) is 6.54 Å². The van der Waals surface area contributed by atoms with Gasteiger partial charge in [0.15, 0.2) is 0 Å². The summed E-state index contributed by atoms with van der Waals surface area (Å²) >= 11 is 0. The van der Waals surface area contributed by atoms with E-state index in [9.17, 15) is 19.8 Å². The van der Waals surface area contributed by atoms with Crippen molar-refractivity contribution in [2.75, 3.05) is 6.54 Å². The molecule has 2 rings (SSSR count). The number of hydrogen-bond donors (Lipinski definition) is 3. The molecule has 2 heterocycles. The Labute approximate surface area is 129 Å². The average Bonchev–Trinajstić information content (AvgIpc) is 2.73. The third kappa shape index (κ3) is 3.42. The molecule has 7 heteroatoms. The lowest BCUT2D eigenvalue weighted by molar-refractivity contribution is -0.129. The summed E-state index contributed by atoms with van der Waals surface area (Å²) in [6, 6.07) is 2.06. The summed E-state index contributed by atoms with van der Waals surface area (Å²) in [5.41, 5.74) is -0.203. The van der Waals surface area contributed by atoms with Gasteiger partial charge in [-0.25, -0.2) is 0 Å². The van der Waals surface area contributed by atoms with Crippen molar-refractivity contribution in [1.29, 1.82) is 0 Å². The molecule has 7 nitrogen and oxygen atoms in total. The van der Waals surface area contributed by atoms with Crippen molar-refractivity contribution in [3.63, 3.8) is 0 Å². The number of carbonyl (C=O) groups excluding carboxylic acids is 2. The fraction of sp³-hybridized carbons (Fsp3) is 0.533. The maximum absolute atomic E-state index is 12.5. The number of pyridine rings is 1. The van der Waals surface area contributed by atoms with Gasteiger partial charge >= 0.3 is 0 Å². The highest BCUT2D eigenvalue weighted by atomic mass is 16.3. The first kappa shape index (κ1) is 16.4. The quantitative estimate of drug-likeness (QED) is 0.686. The number of aliphatic hydroxyl groups excluding tert-OH is 2. The number of aromatic nitrogens is 1. The Morgan fingerprint density at radius 1 is 1.36 bits per heavy atom. The maximum Gasteiger partial charge on any atom is 0.256 e. The number of carbonyl (C=O) groups is 2. The third-order valence-electron chi connectivity index (χ3n) is 3.37. The molecule has 22 heavy (non-hydrogen) atoms. The second kappa shape index (κ2) is 6.02. The van der Waals surface area contributed by atoms with E-state index in [2.05, 4.69) is 10.3 Å². The van der Waals surface area contributed by atoms with Crippen LogP contribution in [-0.2, 0) is 4.79 Å². The monoisotopic (exact) mass is 307 g/mol. The number of nitrogens with one attached hydrogen (secondary N) is 1. The smallest absolute Gasteiger partial charge is 0.256 e. The Morgan fingerprint density at radius 3 is 2.59 bits per heavy atom. The Hall–Kier alpha value is -1.99. The maximum atomic E-state index is 12.5. The molecule has 1 aliphatic rings. The molecule has 0 spiro atoms. The lowest BCUT2D eigenvalue weighted by Gasteiger charge is -2.29. The molecule has 0 aromatic carbocycles. The zero-order valence-corrected chi connectivity index (χ0v) is 12.9. The molecular formula is C15H21N3O4. The average molecular weight is 307 g/mol. The van der Waals surface area contributed by atoms with Crippen LogP contribution in [0.15, 0.2) is 24.5 Å². The van der Waals surface area contributed by atoms with Gasteiger partial charge in [-0.1, -0.05) is 0 Å². The van der Waals surface area contributed by atoms with Crippen LogP contribution in [0.1, 0.15) is 31.1 Å². The molecule has 3 N–H and O–H groups in total. The van der Waals surface area contributed by atoms with E-state index < -0.39 is 35.6 Å². The summed E-state index contributed by atoms with van der Waals surface area (Å²) in [5.74, 6) is -0.938. The van der Waals surface area contributed by atoms with Crippen LogP contribution in [0.4, 0.5) is 0 Å². The van der Waals surface area contributed by atoms with Crippen LogP contribution >= 0.6 is 0 Å². The lowest BCUT2D eigenvalue weighted by atomic mass is 10.1. The third-order valence-corrected chi connectivity index (χ3v) is 3.37. The Kier molecular flexibility index (Phi) is 4.48. The molecule has 1 aliphatic heterocycles. The van der Waals surface area contributed by atoms with Gasteiger partial charge in [-0.2, -0.15) is 0 Å². The summed E-state index contributed by atoms with van der Waals surface area (Å²) in [6.07, 6.45) is 0.450. The molecule has 3 atom stereocenters. The van der Waals surface area contributed by atoms with Gasteiger partial charge in [0.25, 0.3) is 5.91 Å². The second-order valence-corrected chi connectivity index (χ2v) is 6.44. The van der Waals surface area contributed by atoms with Crippen LogP contribution < -0.4 is 5.32 Å². The van der Waals surface area contributed by atoms with Crippen LogP contribution in [0, 0.1) is 0 Å². The zero-order valence-electron chi connectivity index (χ0n) is 12.9. The van der Waals surface area contributed by atoms with Crippen molar-refractivity contribution >= 4 is 11.8 Å². The van der Waals surface area contributed by atoms with Gasteiger partial charge in [-0.05, 0) is 32.9 Å². The first-order valence-electron chi connectivity index (χ1n) is 7.10. The highest BCUT2D eigenvalue weighted by molar-refractivity contribution is 5.98. The summed E-state index contributed by atoms with van der Waals surface area (Å²) < 4.78 is 0. The summed E-state index contributed by atoms with van der Waals surface area (Å²) in [6.45, 7) is 5.30. The van der Waals surface area contributed by atoms with Crippen LogP contribution in [0.2, 0.25) is 0 Å². The molecule has 1 fully saturated rings. The highest BCUT2D eigenvalue weighted by Gasteiger charge is 2.47. The fourth-order valence-electron chi connectivity index (χ4n) is 2.42. The topological polar surface area (TPSA) is 103 Å². The minimum Gasteiger partial charge on any atom is -0.388 e. The number of rotatable bonds is 2. The summed E-state index contributed by atoms with van der Waals surface area (Å²) in [7, 11) is 0. The molecule has 0 bridgehead atoms. The first-order valence-corrected chi connectivity index (χ1v) is 7.10. The zero-order chi connectivity index (χ0) is 16.5. The van der Waals surface area contributed by atoms with E-state index in [0.29, 0.717) is 5.56 Å². The largest absolute Gasteiger partial charge is 0.388 e. The van der Waals surface area contributed by atoms with Gasteiger partial charge in [0.1, 0.15) is 18.2 Å². The molecule has 0 saturated carbocycles. The SMILES string of the molecule is CC(C)(C)NC(=O)C1[C@H](O)[C@@H](O)CN1C(=O)c1cccnc1. The number of nitrogens with zero attached hydrogens (tertiary/aromatic N) is 2. The Morgan fingerprint density at radius 2 is 2.05 bits per heavy atom. The molecule has 0 aliphatic carbocycles. The van der Waals surface area contributed by atoms with Crippen LogP contribution in [0.3, 0.4) is 0 Å². The molecule has 0 radical (unpaired) electrons. The number of β-amino-alcohol motifs (C(OH)–C–C–N with tert-alkyl or cyclic N) is 1. The summed E-state index contributed by atoms with van der Waals surface area (Å²) in [5, 5.41) is 22.6. The number of likely N-dealkylation sites (tertiary alicyclic amines) is 1. The Balaban J connectivity index is 2.25.